The smallest absolute Gasteiger partial charge is 0.224 e. The zero-order chi connectivity index (χ0) is 18.4. The van der Waals surface area contributed by atoms with E-state index in [-0.39, 0.29) is 24.4 Å². The number of benzene rings is 1. The highest BCUT2D eigenvalue weighted by Gasteiger charge is 2.30. The molecule has 0 saturated carbocycles. The first-order valence-electron chi connectivity index (χ1n) is 8.32. The van der Waals surface area contributed by atoms with Crippen LogP contribution in [-0.4, -0.2) is 57.7 Å². The summed E-state index contributed by atoms with van der Waals surface area (Å²) < 4.78 is 35.4. The van der Waals surface area contributed by atoms with Crippen LogP contribution in [0.15, 0.2) is 24.3 Å². The van der Waals surface area contributed by atoms with Crippen molar-refractivity contribution in [1.29, 1.82) is 0 Å². The number of rotatable bonds is 7. The monoisotopic (exact) mass is 370 g/mol. The Kier molecular flexibility index (Phi) is 6.66. The lowest BCUT2D eigenvalue weighted by Gasteiger charge is -2.30. The second-order valence-corrected chi connectivity index (χ2v) is 8.34. The van der Waals surface area contributed by atoms with Crippen LogP contribution in [-0.2, 0) is 14.8 Å². The second kappa shape index (κ2) is 8.53. The zero-order valence-electron chi connectivity index (χ0n) is 14.9. The van der Waals surface area contributed by atoms with Gasteiger partial charge in [0.05, 0.1) is 25.3 Å². The summed E-state index contributed by atoms with van der Waals surface area (Å²) in [4.78, 5) is 12.4. The summed E-state index contributed by atoms with van der Waals surface area (Å²) in [5, 5.41) is 2.90. The third-order valence-corrected chi connectivity index (χ3v) is 5.44. The lowest BCUT2D eigenvalue weighted by atomic mass is 9.98. The van der Waals surface area contributed by atoms with E-state index in [0.29, 0.717) is 31.7 Å². The Morgan fingerprint density at radius 1 is 1.32 bits per heavy atom. The Balaban J connectivity index is 1.80. The summed E-state index contributed by atoms with van der Waals surface area (Å²) in [6.07, 6.45) is 2.57. The van der Waals surface area contributed by atoms with Crippen LogP contribution in [0.2, 0.25) is 0 Å². The van der Waals surface area contributed by atoms with E-state index >= 15 is 0 Å². The van der Waals surface area contributed by atoms with Gasteiger partial charge in [0.2, 0.25) is 15.9 Å². The molecule has 1 amide bonds. The van der Waals surface area contributed by atoms with Gasteiger partial charge in [-0.1, -0.05) is 0 Å². The Labute approximate surface area is 149 Å². The van der Waals surface area contributed by atoms with Gasteiger partial charge in [0.25, 0.3) is 0 Å². The number of carbonyl (C=O) groups is 1. The standard InChI is InChI=1S/C17H26N2O5S/c1-13(12-24-16-8-6-15(23-2)7-9-16)18-17(20)14-5-4-10-19(11-14)25(3,21)22/h6-9,13-14H,4-5,10-12H2,1-3H3,(H,18,20)/t13-,14-/m1/s1. The highest BCUT2D eigenvalue weighted by Crippen LogP contribution is 2.19. The Bertz CT molecular complexity index is 675. The predicted octanol–water partition coefficient (Wildman–Crippen LogP) is 1.25. The number of amides is 1. The number of piperidine rings is 1. The first-order chi connectivity index (χ1) is 11.8. The van der Waals surface area contributed by atoms with Gasteiger partial charge in [-0.05, 0) is 44.0 Å². The molecule has 0 radical (unpaired) electrons. The SMILES string of the molecule is COc1ccc(OC[C@@H](C)NC(=O)[C@@H]2CCCN(S(C)(=O)=O)C2)cc1. The minimum absolute atomic E-state index is 0.126. The Hall–Kier alpha value is -1.80. The van der Waals surface area contributed by atoms with Crippen molar-refractivity contribution in [2.45, 2.75) is 25.8 Å². The molecule has 0 spiro atoms. The maximum Gasteiger partial charge on any atom is 0.224 e. The quantitative estimate of drug-likeness (QED) is 0.781. The maximum atomic E-state index is 12.4. The van der Waals surface area contributed by atoms with Gasteiger partial charge in [0.1, 0.15) is 18.1 Å². The molecule has 7 nitrogen and oxygen atoms in total. The van der Waals surface area contributed by atoms with Crippen molar-refractivity contribution in [3.05, 3.63) is 24.3 Å². The van der Waals surface area contributed by atoms with E-state index in [1.807, 2.05) is 6.92 Å². The van der Waals surface area contributed by atoms with Crippen molar-refractivity contribution < 1.29 is 22.7 Å². The van der Waals surface area contributed by atoms with Gasteiger partial charge >= 0.3 is 0 Å². The van der Waals surface area contributed by atoms with Crippen LogP contribution in [0.4, 0.5) is 0 Å². The topological polar surface area (TPSA) is 84.9 Å². The van der Waals surface area contributed by atoms with Crippen LogP contribution in [0.3, 0.4) is 0 Å². The summed E-state index contributed by atoms with van der Waals surface area (Å²) in [6.45, 7) is 2.93. The fourth-order valence-corrected chi connectivity index (χ4v) is 3.66. The molecule has 2 rings (SSSR count). The first kappa shape index (κ1) is 19.5. The van der Waals surface area contributed by atoms with Gasteiger partial charge in [-0.3, -0.25) is 4.79 Å². The van der Waals surface area contributed by atoms with Gasteiger partial charge in [-0.15, -0.1) is 0 Å². The van der Waals surface area contributed by atoms with Crippen molar-refractivity contribution in [3.63, 3.8) is 0 Å². The number of carbonyl (C=O) groups excluding carboxylic acids is 1. The summed E-state index contributed by atoms with van der Waals surface area (Å²) in [6, 6.07) is 7.04. The van der Waals surface area contributed by atoms with E-state index in [2.05, 4.69) is 5.32 Å². The van der Waals surface area contributed by atoms with Gasteiger partial charge in [0.15, 0.2) is 0 Å². The number of hydrogen-bond acceptors (Lipinski definition) is 5. The molecule has 0 unspecified atom stereocenters. The third kappa shape index (κ3) is 5.89. The molecule has 0 aromatic heterocycles. The van der Waals surface area contributed by atoms with E-state index in [9.17, 15) is 13.2 Å². The summed E-state index contributed by atoms with van der Waals surface area (Å²) in [5.41, 5.74) is 0. The predicted molar refractivity (Wildman–Crippen MR) is 95.2 cm³/mol. The average Bonchev–Trinajstić information content (AvgIpc) is 2.59. The highest BCUT2D eigenvalue weighted by atomic mass is 32.2. The van der Waals surface area contributed by atoms with Crippen molar-refractivity contribution in [2.75, 3.05) is 33.1 Å². The normalized spacial score (nSPS) is 19.9. The lowest BCUT2D eigenvalue weighted by molar-refractivity contribution is -0.126. The van der Waals surface area contributed by atoms with Crippen LogP contribution >= 0.6 is 0 Å². The van der Waals surface area contributed by atoms with Crippen molar-refractivity contribution >= 4 is 15.9 Å². The van der Waals surface area contributed by atoms with Crippen LogP contribution in [0.1, 0.15) is 19.8 Å². The molecule has 2 atom stereocenters. The molecule has 1 aromatic rings. The molecule has 1 saturated heterocycles. The third-order valence-electron chi connectivity index (χ3n) is 4.17. The van der Waals surface area contributed by atoms with Crippen LogP contribution in [0.5, 0.6) is 11.5 Å². The van der Waals surface area contributed by atoms with E-state index in [1.54, 1.807) is 31.4 Å². The average molecular weight is 370 g/mol. The summed E-state index contributed by atoms with van der Waals surface area (Å²) in [5.74, 6) is 1.01. The van der Waals surface area contributed by atoms with Gasteiger partial charge < -0.3 is 14.8 Å². The van der Waals surface area contributed by atoms with Gasteiger partial charge in [-0.2, -0.15) is 0 Å². The minimum atomic E-state index is -3.25. The van der Waals surface area contributed by atoms with Gasteiger partial charge in [0, 0.05) is 13.1 Å². The van der Waals surface area contributed by atoms with Crippen molar-refractivity contribution in [3.8, 4) is 11.5 Å². The largest absolute Gasteiger partial charge is 0.497 e. The number of methoxy groups -OCH3 is 1. The molecule has 1 aliphatic rings. The second-order valence-electron chi connectivity index (χ2n) is 6.36. The molecule has 1 heterocycles. The first-order valence-corrected chi connectivity index (χ1v) is 10.2. The van der Waals surface area contributed by atoms with E-state index in [4.69, 9.17) is 9.47 Å². The highest BCUT2D eigenvalue weighted by molar-refractivity contribution is 7.88. The lowest BCUT2D eigenvalue weighted by Crippen LogP contribution is -2.47. The molecular weight excluding hydrogens is 344 g/mol. The van der Waals surface area contributed by atoms with Crippen molar-refractivity contribution in [2.24, 2.45) is 5.92 Å². The zero-order valence-corrected chi connectivity index (χ0v) is 15.7. The number of ether oxygens (including phenoxy) is 2. The Morgan fingerprint density at radius 3 is 2.56 bits per heavy atom. The molecular formula is C17H26N2O5S. The fraction of sp³-hybridized carbons (Fsp3) is 0.588. The Morgan fingerprint density at radius 2 is 1.96 bits per heavy atom. The molecule has 1 aliphatic heterocycles. The van der Waals surface area contributed by atoms with E-state index < -0.39 is 10.0 Å². The molecule has 0 bridgehead atoms. The summed E-state index contributed by atoms with van der Waals surface area (Å²) in [7, 11) is -1.65. The number of sulfonamides is 1. The van der Waals surface area contributed by atoms with Crippen LogP contribution in [0, 0.1) is 5.92 Å². The van der Waals surface area contributed by atoms with Crippen LogP contribution in [0.25, 0.3) is 0 Å². The minimum Gasteiger partial charge on any atom is -0.497 e. The fourth-order valence-electron chi connectivity index (χ4n) is 2.75. The van der Waals surface area contributed by atoms with Crippen LogP contribution < -0.4 is 14.8 Å². The van der Waals surface area contributed by atoms with Crippen molar-refractivity contribution in [1.82, 2.24) is 9.62 Å². The maximum absolute atomic E-state index is 12.4. The number of nitrogens with one attached hydrogen (secondary N) is 1. The molecule has 8 heteroatoms. The van der Waals surface area contributed by atoms with E-state index in [1.165, 1.54) is 10.6 Å². The molecule has 0 aliphatic carbocycles. The molecule has 1 fully saturated rings. The van der Waals surface area contributed by atoms with Gasteiger partial charge in [-0.25, -0.2) is 12.7 Å². The molecule has 25 heavy (non-hydrogen) atoms. The molecule has 140 valence electrons. The molecule has 1 aromatic carbocycles. The molecule has 1 N–H and O–H groups in total. The summed E-state index contributed by atoms with van der Waals surface area (Å²) >= 11 is 0. The number of hydrogen-bond donors (Lipinski definition) is 1. The van der Waals surface area contributed by atoms with E-state index in [0.717, 1.165) is 5.75 Å². The number of nitrogens with zero attached hydrogens (tertiary/aromatic N) is 1.